The van der Waals surface area contributed by atoms with E-state index in [4.69, 9.17) is 5.11 Å². The maximum absolute atomic E-state index is 11.0. The Morgan fingerprint density at radius 1 is 1.58 bits per heavy atom. The van der Waals surface area contributed by atoms with Crippen molar-refractivity contribution < 1.29 is 9.90 Å². The summed E-state index contributed by atoms with van der Waals surface area (Å²) < 4.78 is 0. The summed E-state index contributed by atoms with van der Waals surface area (Å²) in [4.78, 5) is 11.0. The highest BCUT2D eigenvalue weighted by Gasteiger charge is 2.66. The molecular formula is C9H16O2S. The third-order valence-corrected chi connectivity index (χ3v) is 3.98. The molecule has 1 unspecified atom stereocenters. The van der Waals surface area contributed by atoms with Crippen molar-refractivity contribution in [3.05, 3.63) is 0 Å². The van der Waals surface area contributed by atoms with E-state index in [9.17, 15) is 4.79 Å². The van der Waals surface area contributed by atoms with Crippen LogP contribution in [-0.4, -0.2) is 22.6 Å². The average molecular weight is 188 g/mol. The van der Waals surface area contributed by atoms with E-state index >= 15 is 0 Å². The summed E-state index contributed by atoms with van der Waals surface area (Å²) in [7, 11) is 0. The fourth-order valence-electron chi connectivity index (χ4n) is 1.66. The third-order valence-electron chi connectivity index (χ3n) is 2.88. The van der Waals surface area contributed by atoms with E-state index in [2.05, 4.69) is 6.92 Å². The quantitative estimate of drug-likeness (QED) is 0.735. The standard InChI is InChI=1S/C9H16O2S/c1-4-12-6-9(7(10)11)5-8(9,2)3/h4-6H2,1-3H3,(H,10,11). The van der Waals surface area contributed by atoms with E-state index in [-0.39, 0.29) is 5.41 Å². The van der Waals surface area contributed by atoms with Crippen LogP contribution in [0, 0.1) is 10.8 Å². The van der Waals surface area contributed by atoms with E-state index in [1.807, 2.05) is 13.8 Å². The third kappa shape index (κ3) is 1.35. The van der Waals surface area contributed by atoms with Crippen LogP contribution in [0.4, 0.5) is 0 Å². The SMILES string of the molecule is CCSCC1(C(=O)O)CC1(C)C. The molecule has 0 heterocycles. The Hall–Kier alpha value is -0.180. The highest BCUT2D eigenvalue weighted by atomic mass is 32.2. The highest BCUT2D eigenvalue weighted by Crippen LogP contribution is 2.64. The molecule has 0 radical (unpaired) electrons. The van der Waals surface area contributed by atoms with Crippen LogP contribution in [0.3, 0.4) is 0 Å². The molecule has 1 aliphatic rings. The van der Waals surface area contributed by atoms with Gasteiger partial charge in [-0.05, 0) is 17.6 Å². The van der Waals surface area contributed by atoms with E-state index in [1.54, 1.807) is 11.8 Å². The summed E-state index contributed by atoms with van der Waals surface area (Å²) in [6.07, 6.45) is 0.836. The van der Waals surface area contributed by atoms with E-state index in [1.165, 1.54) is 0 Å². The van der Waals surface area contributed by atoms with Gasteiger partial charge in [0.1, 0.15) is 0 Å². The van der Waals surface area contributed by atoms with E-state index in [0.717, 1.165) is 17.9 Å². The fraction of sp³-hybridized carbons (Fsp3) is 0.889. The molecule has 2 nitrogen and oxygen atoms in total. The largest absolute Gasteiger partial charge is 0.481 e. The number of hydrogen-bond acceptors (Lipinski definition) is 2. The molecule has 0 aromatic carbocycles. The first-order valence-electron chi connectivity index (χ1n) is 4.27. The zero-order chi connectivity index (χ0) is 9.41. The van der Waals surface area contributed by atoms with Gasteiger partial charge in [0, 0.05) is 5.75 Å². The molecule has 1 N–H and O–H groups in total. The van der Waals surface area contributed by atoms with Crippen molar-refractivity contribution in [1.29, 1.82) is 0 Å². The van der Waals surface area contributed by atoms with Crippen molar-refractivity contribution in [3.63, 3.8) is 0 Å². The smallest absolute Gasteiger partial charge is 0.311 e. The number of carbonyl (C=O) groups is 1. The van der Waals surface area contributed by atoms with Crippen LogP contribution in [-0.2, 0) is 4.79 Å². The van der Waals surface area contributed by atoms with Crippen LogP contribution in [0.2, 0.25) is 0 Å². The van der Waals surface area contributed by atoms with Crippen molar-refractivity contribution in [3.8, 4) is 0 Å². The number of rotatable bonds is 4. The second-order valence-electron chi connectivity index (χ2n) is 4.09. The zero-order valence-electron chi connectivity index (χ0n) is 7.89. The Morgan fingerprint density at radius 2 is 2.08 bits per heavy atom. The Kier molecular flexibility index (Phi) is 2.43. The predicted octanol–water partition coefficient (Wildman–Crippen LogP) is 2.24. The molecule has 0 saturated heterocycles. The van der Waals surface area contributed by atoms with Crippen LogP contribution < -0.4 is 0 Å². The summed E-state index contributed by atoms with van der Waals surface area (Å²) in [6.45, 7) is 6.14. The lowest BCUT2D eigenvalue weighted by molar-refractivity contribution is -0.143. The number of carboxylic acids is 1. The fourth-order valence-corrected chi connectivity index (χ4v) is 2.83. The van der Waals surface area contributed by atoms with Crippen molar-refractivity contribution in [2.45, 2.75) is 27.2 Å². The van der Waals surface area contributed by atoms with Gasteiger partial charge < -0.3 is 5.11 Å². The Labute approximate surface area is 77.7 Å². The number of thioether (sulfide) groups is 1. The van der Waals surface area contributed by atoms with Gasteiger partial charge in [0.15, 0.2) is 0 Å². The van der Waals surface area contributed by atoms with Crippen molar-refractivity contribution in [2.75, 3.05) is 11.5 Å². The van der Waals surface area contributed by atoms with Crippen LogP contribution in [0.5, 0.6) is 0 Å². The summed E-state index contributed by atoms with van der Waals surface area (Å²) >= 11 is 1.73. The topological polar surface area (TPSA) is 37.3 Å². The lowest BCUT2D eigenvalue weighted by atomic mass is 9.98. The summed E-state index contributed by atoms with van der Waals surface area (Å²) in [5.74, 6) is 1.16. The highest BCUT2D eigenvalue weighted by molar-refractivity contribution is 7.99. The predicted molar refractivity (Wildman–Crippen MR) is 51.5 cm³/mol. The van der Waals surface area contributed by atoms with Gasteiger partial charge in [-0.1, -0.05) is 20.8 Å². The molecule has 1 aliphatic carbocycles. The summed E-state index contributed by atoms with van der Waals surface area (Å²) in [6, 6.07) is 0. The molecule has 0 bridgehead atoms. The molecule has 0 aromatic heterocycles. The van der Waals surface area contributed by atoms with Gasteiger partial charge in [-0.15, -0.1) is 0 Å². The first-order valence-corrected chi connectivity index (χ1v) is 5.43. The molecule has 0 aromatic rings. The first kappa shape index (κ1) is 9.90. The normalized spacial score (nSPS) is 31.6. The second kappa shape index (κ2) is 2.95. The first-order chi connectivity index (χ1) is 5.46. The van der Waals surface area contributed by atoms with Gasteiger partial charge in [0.25, 0.3) is 0 Å². The van der Waals surface area contributed by atoms with Gasteiger partial charge in [0.05, 0.1) is 5.41 Å². The minimum Gasteiger partial charge on any atom is -0.481 e. The minimum absolute atomic E-state index is 0.0149. The molecule has 3 heteroatoms. The summed E-state index contributed by atoms with van der Waals surface area (Å²) in [5, 5.41) is 9.05. The number of carboxylic acid groups (broad SMARTS) is 1. The maximum atomic E-state index is 11.0. The Morgan fingerprint density at radius 3 is 2.33 bits per heavy atom. The molecule has 1 rings (SSSR count). The van der Waals surface area contributed by atoms with Crippen molar-refractivity contribution in [2.24, 2.45) is 10.8 Å². The lowest BCUT2D eigenvalue weighted by Gasteiger charge is -2.14. The maximum Gasteiger partial charge on any atom is 0.311 e. The van der Waals surface area contributed by atoms with Crippen molar-refractivity contribution in [1.82, 2.24) is 0 Å². The Balaban J connectivity index is 2.60. The molecule has 70 valence electrons. The van der Waals surface area contributed by atoms with Crippen LogP contribution in [0.15, 0.2) is 0 Å². The van der Waals surface area contributed by atoms with E-state index in [0.29, 0.717) is 0 Å². The molecule has 1 fully saturated rings. The van der Waals surface area contributed by atoms with Gasteiger partial charge in [-0.3, -0.25) is 4.79 Å². The monoisotopic (exact) mass is 188 g/mol. The van der Waals surface area contributed by atoms with Gasteiger partial charge in [-0.25, -0.2) is 0 Å². The molecule has 0 spiro atoms. The molecular weight excluding hydrogens is 172 g/mol. The number of aliphatic carboxylic acids is 1. The number of hydrogen-bond donors (Lipinski definition) is 1. The van der Waals surface area contributed by atoms with Crippen LogP contribution in [0.25, 0.3) is 0 Å². The van der Waals surface area contributed by atoms with Gasteiger partial charge in [-0.2, -0.15) is 11.8 Å². The molecule has 1 saturated carbocycles. The van der Waals surface area contributed by atoms with Crippen molar-refractivity contribution >= 4 is 17.7 Å². The van der Waals surface area contributed by atoms with Crippen LogP contribution in [0.1, 0.15) is 27.2 Å². The molecule has 0 amide bonds. The molecule has 1 atom stereocenters. The zero-order valence-corrected chi connectivity index (χ0v) is 8.70. The van der Waals surface area contributed by atoms with E-state index < -0.39 is 11.4 Å². The average Bonchev–Trinajstić information content (AvgIpc) is 2.51. The second-order valence-corrected chi connectivity index (χ2v) is 5.36. The Bertz CT molecular complexity index is 201. The van der Waals surface area contributed by atoms with Gasteiger partial charge in [0.2, 0.25) is 0 Å². The molecule has 12 heavy (non-hydrogen) atoms. The summed E-state index contributed by atoms with van der Waals surface area (Å²) in [5.41, 5.74) is -0.408. The minimum atomic E-state index is -0.617. The molecule has 0 aliphatic heterocycles. The van der Waals surface area contributed by atoms with Gasteiger partial charge >= 0.3 is 5.97 Å². The lowest BCUT2D eigenvalue weighted by Crippen LogP contribution is -2.23. The van der Waals surface area contributed by atoms with Crippen LogP contribution >= 0.6 is 11.8 Å².